The van der Waals surface area contributed by atoms with E-state index in [9.17, 15) is 4.79 Å². The van der Waals surface area contributed by atoms with Gasteiger partial charge in [-0.3, -0.25) is 0 Å². The summed E-state index contributed by atoms with van der Waals surface area (Å²) in [5, 5.41) is 4.56. The molecule has 1 N–H and O–H groups in total. The number of methoxy groups -OCH3 is 1. The van der Waals surface area contributed by atoms with Gasteiger partial charge in [0.05, 0.1) is 18.5 Å². The molecule has 3 heterocycles. The van der Waals surface area contributed by atoms with Gasteiger partial charge >= 0.3 is 5.97 Å². The van der Waals surface area contributed by atoms with E-state index in [-0.39, 0.29) is 12.0 Å². The monoisotopic (exact) mass is 411 g/mol. The van der Waals surface area contributed by atoms with Gasteiger partial charge in [0.25, 0.3) is 0 Å². The molecule has 1 aromatic carbocycles. The first-order valence-corrected chi connectivity index (χ1v) is 10.6. The van der Waals surface area contributed by atoms with E-state index >= 15 is 0 Å². The van der Waals surface area contributed by atoms with Crippen LogP contribution in [0.5, 0.6) is 0 Å². The second kappa shape index (κ2) is 8.47. The van der Waals surface area contributed by atoms with Crippen molar-refractivity contribution >= 4 is 33.3 Å². The molecular weight excluding hydrogens is 386 g/mol. The van der Waals surface area contributed by atoms with Crippen LogP contribution < -0.4 is 5.32 Å². The maximum Gasteiger partial charge on any atom is 0.348 e. The maximum absolute atomic E-state index is 12.2. The number of fused-ring (bicyclic) bond motifs is 1. The van der Waals surface area contributed by atoms with Crippen LogP contribution in [-0.4, -0.2) is 36.3 Å². The molecule has 0 aliphatic carbocycles. The van der Waals surface area contributed by atoms with Crippen LogP contribution in [0.4, 0.5) is 5.82 Å². The molecule has 6 nitrogen and oxygen atoms in total. The Kier molecular flexibility index (Phi) is 5.78. The van der Waals surface area contributed by atoms with Crippen LogP contribution in [0.1, 0.15) is 45.5 Å². The van der Waals surface area contributed by atoms with Gasteiger partial charge in [0.2, 0.25) is 0 Å². The van der Waals surface area contributed by atoms with Crippen LogP contribution in [0.25, 0.3) is 10.2 Å². The fourth-order valence-corrected chi connectivity index (χ4v) is 5.01. The highest BCUT2D eigenvalue weighted by atomic mass is 32.1. The molecule has 0 saturated carbocycles. The molecule has 152 valence electrons. The standard InChI is InChI=1S/C22H25N3O3S/c1-13-18-20(23-14(2)24-21(18)29-19(13)22(26)27-3)25-17(11-15-9-10-28-12-15)16-7-5-4-6-8-16/h4-8,15,17H,9-12H2,1-3H3,(H,23,24,25). The van der Waals surface area contributed by atoms with Crippen molar-refractivity contribution < 1.29 is 14.3 Å². The Morgan fingerprint density at radius 1 is 1.31 bits per heavy atom. The maximum atomic E-state index is 12.2. The highest BCUT2D eigenvalue weighted by Gasteiger charge is 2.25. The van der Waals surface area contributed by atoms with Crippen LogP contribution in [-0.2, 0) is 9.47 Å². The first-order valence-electron chi connectivity index (χ1n) is 9.82. The smallest absolute Gasteiger partial charge is 0.348 e. The third-order valence-corrected chi connectivity index (χ3v) is 6.54. The van der Waals surface area contributed by atoms with Crippen molar-refractivity contribution in [1.82, 2.24) is 9.97 Å². The zero-order valence-corrected chi connectivity index (χ0v) is 17.7. The van der Waals surface area contributed by atoms with Gasteiger partial charge < -0.3 is 14.8 Å². The average Bonchev–Trinajstić information content (AvgIpc) is 3.35. The molecule has 0 spiro atoms. The predicted octanol–water partition coefficient (Wildman–Crippen LogP) is 4.67. The van der Waals surface area contributed by atoms with E-state index in [0.717, 1.165) is 47.7 Å². The summed E-state index contributed by atoms with van der Waals surface area (Å²) in [4.78, 5) is 22.8. The quantitative estimate of drug-likeness (QED) is 0.594. The number of hydrogen-bond acceptors (Lipinski definition) is 7. The van der Waals surface area contributed by atoms with E-state index in [1.807, 2.05) is 19.9 Å². The van der Waals surface area contributed by atoms with Crippen LogP contribution >= 0.6 is 11.3 Å². The Balaban J connectivity index is 1.75. The fourth-order valence-electron chi connectivity index (χ4n) is 3.87. The second-order valence-corrected chi connectivity index (χ2v) is 8.42. The lowest BCUT2D eigenvalue weighted by atomic mass is 9.94. The Bertz CT molecular complexity index is 1010. The minimum Gasteiger partial charge on any atom is -0.465 e. The summed E-state index contributed by atoms with van der Waals surface area (Å²) >= 11 is 1.36. The minimum absolute atomic E-state index is 0.0984. The lowest BCUT2D eigenvalue weighted by Crippen LogP contribution is -2.17. The molecular formula is C22H25N3O3S. The molecule has 1 aliphatic rings. The molecule has 1 saturated heterocycles. The SMILES string of the molecule is COC(=O)c1sc2nc(C)nc(NC(CC3CCOC3)c3ccccc3)c2c1C. The fraction of sp³-hybridized carbons (Fsp3) is 0.409. The number of aromatic nitrogens is 2. The number of nitrogens with one attached hydrogen (secondary N) is 1. The number of thiophene rings is 1. The first-order chi connectivity index (χ1) is 14.1. The number of esters is 1. The summed E-state index contributed by atoms with van der Waals surface area (Å²) in [6.45, 7) is 5.43. The van der Waals surface area contributed by atoms with Gasteiger partial charge in [-0.05, 0) is 43.7 Å². The van der Waals surface area contributed by atoms with Crippen LogP contribution in [0.15, 0.2) is 30.3 Å². The molecule has 2 unspecified atom stereocenters. The van der Waals surface area contributed by atoms with Crippen molar-refractivity contribution in [2.75, 3.05) is 25.6 Å². The second-order valence-electron chi connectivity index (χ2n) is 7.42. The highest BCUT2D eigenvalue weighted by molar-refractivity contribution is 7.20. The van der Waals surface area contributed by atoms with Crippen LogP contribution in [0.3, 0.4) is 0 Å². The first kappa shape index (κ1) is 19.8. The molecule has 3 aromatic rings. The van der Waals surface area contributed by atoms with E-state index in [0.29, 0.717) is 16.6 Å². The van der Waals surface area contributed by atoms with E-state index in [1.54, 1.807) is 0 Å². The van der Waals surface area contributed by atoms with E-state index in [2.05, 4.69) is 34.6 Å². The van der Waals surface area contributed by atoms with E-state index in [1.165, 1.54) is 24.0 Å². The number of nitrogens with zero attached hydrogens (tertiary/aromatic N) is 2. The van der Waals surface area contributed by atoms with Gasteiger partial charge in [-0.1, -0.05) is 30.3 Å². The lowest BCUT2D eigenvalue weighted by Gasteiger charge is -2.23. The summed E-state index contributed by atoms with van der Waals surface area (Å²) in [5.41, 5.74) is 2.07. The van der Waals surface area contributed by atoms with Crippen molar-refractivity contribution in [3.8, 4) is 0 Å². The molecule has 0 radical (unpaired) electrons. The van der Waals surface area contributed by atoms with Gasteiger partial charge in [0.15, 0.2) is 0 Å². The summed E-state index contributed by atoms with van der Waals surface area (Å²) < 4.78 is 10.5. The minimum atomic E-state index is -0.336. The topological polar surface area (TPSA) is 73.3 Å². The van der Waals surface area contributed by atoms with Gasteiger partial charge in [-0.25, -0.2) is 14.8 Å². The van der Waals surface area contributed by atoms with Crippen LogP contribution in [0, 0.1) is 19.8 Å². The number of ether oxygens (including phenoxy) is 2. The molecule has 4 rings (SSSR count). The number of hydrogen-bond donors (Lipinski definition) is 1. The summed E-state index contributed by atoms with van der Waals surface area (Å²) in [7, 11) is 1.40. The van der Waals surface area contributed by atoms with Gasteiger partial charge in [-0.15, -0.1) is 11.3 Å². The Hall–Kier alpha value is -2.51. The zero-order valence-electron chi connectivity index (χ0n) is 16.9. The van der Waals surface area contributed by atoms with Gasteiger partial charge in [0, 0.05) is 13.2 Å². The molecule has 2 aromatic heterocycles. The zero-order chi connectivity index (χ0) is 20.4. The van der Waals surface area contributed by atoms with Crippen molar-refractivity contribution in [3.63, 3.8) is 0 Å². The van der Waals surface area contributed by atoms with Crippen molar-refractivity contribution in [3.05, 3.63) is 52.2 Å². The largest absolute Gasteiger partial charge is 0.465 e. The molecule has 0 bridgehead atoms. The predicted molar refractivity (Wildman–Crippen MR) is 115 cm³/mol. The number of benzene rings is 1. The Morgan fingerprint density at radius 3 is 2.79 bits per heavy atom. The normalized spacial score (nSPS) is 17.4. The number of carbonyl (C=O) groups is 1. The number of aryl methyl sites for hydroxylation is 2. The van der Waals surface area contributed by atoms with Crippen molar-refractivity contribution in [1.29, 1.82) is 0 Å². The van der Waals surface area contributed by atoms with Crippen LogP contribution in [0.2, 0.25) is 0 Å². The number of carbonyl (C=O) groups excluding carboxylic acids is 1. The molecule has 7 heteroatoms. The van der Waals surface area contributed by atoms with E-state index in [4.69, 9.17) is 14.5 Å². The molecule has 2 atom stereocenters. The number of rotatable bonds is 6. The van der Waals surface area contributed by atoms with Gasteiger partial charge in [-0.2, -0.15) is 0 Å². The molecule has 29 heavy (non-hydrogen) atoms. The Labute approximate surface area is 174 Å². The van der Waals surface area contributed by atoms with Gasteiger partial charge in [0.1, 0.15) is 21.3 Å². The van der Waals surface area contributed by atoms with Crippen molar-refractivity contribution in [2.45, 2.75) is 32.7 Å². The molecule has 0 amide bonds. The summed E-state index contributed by atoms with van der Waals surface area (Å²) in [6.07, 6.45) is 2.04. The van der Waals surface area contributed by atoms with E-state index < -0.39 is 0 Å². The average molecular weight is 412 g/mol. The van der Waals surface area contributed by atoms with Crippen molar-refractivity contribution in [2.24, 2.45) is 5.92 Å². The third kappa shape index (κ3) is 4.11. The lowest BCUT2D eigenvalue weighted by molar-refractivity contribution is 0.0605. The third-order valence-electron chi connectivity index (χ3n) is 5.38. The molecule has 1 fully saturated rings. The number of anilines is 1. The highest BCUT2D eigenvalue weighted by Crippen LogP contribution is 2.37. The molecule has 1 aliphatic heterocycles. The summed E-state index contributed by atoms with van der Waals surface area (Å²) in [5.74, 6) is 1.62. The Morgan fingerprint density at radius 2 is 2.10 bits per heavy atom. The summed E-state index contributed by atoms with van der Waals surface area (Å²) in [6, 6.07) is 10.5.